The Morgan fingerprint density at radius 1 is 0.767 bits per heavy atom. The zero-order chi connectivity index (χ0) is 21.3. The van der Waals surface area contributed by atoms with Crippen LogP contribution in [-0.4, -0.2) is 44.0 Å². The average Bonchev–Trinajstić information content (AvgIpc) is 2.77. The number of aromatic nitrogens is 1. The third-order valence-corrected chi connectivity index (χ3v) is 5.10. The molecule has 0 aliphatic rings. The number of benzene rings is 2. The summed E-state index contributed by atoms with van der Waals surface area (Å²) in [5, 5.41) is 7.98. The first-order valence-corrected chi connectivity index (χ1v) is 10.9. The Morgan fingerprint density at radius 3 is 2.00 bits per heavy atom. The lowest BCUT2D eigenvalue weighted by atomic mass is 10.1. The molecule has 3 rings (SSSR count). The summed E-state index contributed by atoms with van der Waals surface area (Å²) >= 11 is 0. The molecule has 0 radical (unpaired) electrons. The molecule has 6 nitrogen and oxygen atoms in total. The highest BCUT2D eigenvalue weighted by Crippen LogP contribution is 2.25. The van der Waals surface area contributed by atoms with Gasteiger partial charge in [0.2, 0.25) is 0 Å². The lowest BCUT2D eigenvalue weighted by Crippen LogP contribution is -2.21. The Labute approximate surface area is 178 Å². The summed E-state index contributed by atoms with van der Waals surface area (Å²) in [6.45, 7) is 9.02. The van der Waals surface area contributed by atoms with Gasteiger partial charge in [0.1, 0.15) is 24.7 Å². The van der Waals surface area contributed by atoms with Crippen molar-refractivity contribution in [2.45, 2.75) is 26.7 Å². The Bertz CT molecular complexity index is 1030. The summed E-state index contributed by atoms with van der Waals surface area (Å²) in [6.07, 6.45) is 2.20. The summed E-state index contributed by atoms with van der Waals surface area (Å²) in [6, 6.07) is 11.4. The smallest absolute Gasteiger partial charge is 0.197 e. The topological polar surface area (TPSA) is 64.5 Å². The second-order valence-corrected chi connectivity index (χ2v) is 7.44. The molecule has 0 saturated carbocycles. The van der Waals surface area contributed by atoms with Gasteiger partial charge in [-0.25, -0.2) is 0 Å². The number of pyridine rings is 1. The molecule has 3 aromatic rings. The number of ether oxygens (including phenoxy) is 2. The average molecular weight is 412 g/mol. The Balaban J connectivity index is 1.81. The number of nitrogens with one attached hydrogen (secondary N) is 2. The first-order valence-electron chi connectivity index (χ1n) is 10.9. The van der Waals surface area contributed by atoms with Crippen molar-refractivity contribution in [3.8, 4) is 11.5 Å². The lowest BCUT2D eigenvalue weighted by molar-refractivity contribution is 0.314. The minimum Gasteiger partial charge on any atom is -0.492 e. The van der Waals surface area contributed by atoms with Gasteiger partial charge in [0.25, 0.3) is 0 Å². The predicted molar refractivity (Wildman–Crippen MR) is 124 cm³/mol. The second-order valence-electron chi connectivity index (χ2n) is 7.44. The molecule has 0 amide bonds. The largest absolute Gasteiger partial charge is 0.492 e. The van der Waals surface area contributed by atoms with Gasteiger partial charge in [-0.2, -0.15) is 0 Å². The maximum absolute atomic E-state index is 13.1. The van der Waals surface area contributed by atoms with Crippen molar-refractivity contribution in [1.29, 1.82) is 0 Å². The quantitative estimate of drug-likeness (QED) is 0.353. The van der Waals surface area contributed by atoms with Crippen molar-refractivity contribution in [2.75, 3.05) is 39.4 Å². The van der Waals surface area contributed by atoms with Crippen LogP contribution in [0.1, 0.15) is 26.7 Å². The highest BCUT2D eigenvalue weighted by molar-refractivity contribution is 5.94. The fraction of sp³-hybridized carbons (Fsp3) is 0.458. The summed E-state index contributed by atoms with van der Waals surface area (Å²) in [4.78, 5) is 13.1. The second kappa shape index (κ2) is 11.0. The normalized spacial score (nSPS) is 11.3. The number of fused-ring (bicyclic) bond motifs is 2. The monoisotopic (exact) mass is 411 g/mol. The first-order chi connectivity index (χ1) is 14.7. The van der Waals surface area contributed by atoms with Gasteiger partial charge in [-0.05, 0) is 56.3 Å². The van der Waals surface area contributed by atoms with E-state index < -0.39 is 0 Å². The SMILES string of the molecule is CCCNCCOc1ccc2c(c1)c(=O)c1ccc(OCCNCCC)cc1n2C. The standard InChI is InChI=1S/C24H33N3O3/c1-4-10-25-12-14-29-18-7-9-22-21(16-18)24(28)20-8-6-19(17-23(20)27(22)3)30-15-13-26-11-5-2/h6-9,16-17,25-26H,4-5,10-15H2,1-3H3. The van der Waals surface area contributed by atoms with Gasteiger partial charge in [-0.3, -0.25) is 4.79 Å². The lowest BCUT2D eigenvalue weighted by Gasteiger charge is -2.14. The van der Waals surface area contributed by atoms with E-state index in [1.54, 1.807) is 0 Å². The zero-order valence-electron chi connectivity index (χ0n) is 18.3. The van der Waals surface area contributed by atoms with Crippen LogP contribution >= 0.6 is 0 Å². The molecule has 0 fully saturated rings. The van der Waals surface area contributed by atoms with Crippen molar-refractivity contribution in [2.24, 2.45) is 7.05 Å². The maximum atomic E-state index is 13.1. The fourth-order valence-electron chi connectivity index (χ4n) is 3.51. The van der Waals surface area contributed by atoms with Crippen LogP contribution in [0.5, 0.6) is 11.5 Å². The van der Waals surface area contributed by atoms with E-state index in [-0.39, 0.29) is 5.43 Å². The Hall–Kier alpha value is -2.57. The molecule has 30 heavy (non-hydrogen) atoms. The Morgan fingerprint density at radius 2 is 1.37 bits per heavy atom. The molecule has 0 aliphatic heterocycles. The van der Waals surface area contributed by atoms with Gasteiger partial charge in [0.05, 0.1) is 11.0 Å². The minimum absolute atomic E-state index is 0.0174. The molecular formula is C24H33N3O3. The highest BCUT2D eigenvalue weighted by Gasteiger charge is 2.11. The molecule has 1 aromatic heterocycles. The van der Waals surface area contributed by atoms with Crippen LogP contribution in [0.2, 0.25) is 0 Å². The van der Waals surface area contributed by atoms with Crippen LogP contribution in [0.4, 0.5) is 0 Å². The van der Waals surface area contributed by atoms with Crippen molar-refractivity contribution in [3.63, 3.8) is 0 Å². The molecular weight excluding hydrogens is 378 g/mol. The molecule has 2 aromatic carbocycles. The molecule has 2 N–H and O–H groups in total. The van der Waals surface area contributed by atoms with Crippen LogP contribution in [0.25, 0.3) is 21.8 Å². The van der Waals surface area contributed by atoms with Gasteiger partial charge < -0.3 is 24.7 Å². The summed E-state index contributed by atoms with van der Waals surface area (Å²) in [7, 11) is 1.98. The highest BCUT2D eigenvalue weighted by atomic mass is 16.5. The first kappa shape index (κ1) is 22.1. The molecule has 0 saturated heterocycles. The van der Waals surface area contributed by atoms with E-state index in [9.17, 15) is 4.79 Å². The van der Waals surface area contributed by atoms with E-state index in [1.807, 2.05) is 48.0 Å². The van der Waals surface area contributed by atoms with Crippen LogP contribution in [-0.2, 0) is 7.05 Å². The van der Waals surface area contributed by atoms with Crippen molar-refractivity contribution >= 4 is 21.8 Å². The summed E-state index contributed by atoms with van der Waals surface area (Å²) in [5.41, 5.74) is 1.76. The molecule has 6 heteroatoms. The van der Waals surface area contributed by atoms with E-state index in [2.05, 4.69) is 24.5 Å². The van der Waals surface area contributed by atoms with Crippen molar-refractivity contribution in [3.05, 3.63) is 46.6 Å². The molecule has 1 heterocycles. The number of rotatable bonds is 12. The van der Waals surface area contributed by atoms with E-state index in [0.29, 0.717) is 24.0 Å². The van der Waals surface area contributed by atoms with E-state index in [0.717, 1.165) is 61.6 Å². The van der Waals surface area contributed by atoms with Crippen LogP contribution in [0.15, 0.2) is 41.2 Å². The molecule has 0 atom stereocenters. The number of nitrogens with zero attached hydrogens (tertiary/aromatic N) is 1. The molecule has 0 unspecified atom stereocenters. The molecule has 0 aliphatic carbocycles. The van der Waals surface area contributed by atoms with Crippen LogP contribution in [0, 0.1) is 0 Å². The summed E-state index contributed by atoms with van der Waals surface area (Å²) < 4.78 is 13.7. The van der Waals surface area contributed by atoms with Gasteiger partial charge in [0, 0.05) is 37.0 Å². The maximum Gasteiger partial charge on any atom is 0.197 e. The minimum atomic E-state index is 0.0174. The van der Waals surface area contributed by atoms with E-state index in [1.165, 1.54) is 0 Å². The van der Waals surface area contributed by atoms with Crippen molar-refractivity contribution < 1.29 is 9.47 Å². The zero-order valence-corrected chi connectivity index (χ0v) is 18.3. The molecule has 162 valence electrons. The number of aryl methyl sites for hydroxylation is 1. The van der Waals surface area contributed by atoms with Crippen molar-refractivity contribution in [1.82, 2.24) is 15.2 Å². The number of hydrogen-bond acceptors (Lipinski definition) is 5. The fourth-order valence-corrected chi connectivity index (χ4v) is 3.51. The van der Waals surface area contributed by atoms with E-state index >= 15 is 0 Å². The number of hydrogen-bond donors (Lipinski definition) is 2. The van der Waals surface area contributed by atoms with Gasteiger partial charge in [-0.15, -0.1) is 0 Å². The van der Waals surface area contributed by atoms with Gasteiger partial charge in [-0.1, -0.05) is 13.8 Å². The van der Waals surface area contributed by atoms with Gasteiger partial charge >= 0.3 is 0 Å². The summed E-state index contributed by atoms with van der Waals surface area (Å²) in [5.74, 6) is 1.49. The third kappa shape index (κ3) is 5.32. The van der Waals surface area contributed by atoms with Crippen LogP contribution in [0.3, 0.4) is 0 Å². The predicted octanol–water partition coefficient (Wildman–Crippen LogP) is 3.45. The van der Waals surface area contributed by atoms with Crippen LogP contribution < -0.4 is 25.5 Å². The Kier molecular flexibility index (Phi) is 8.11. The molecule has 0 spiro atoms. The third-order valence-electron chi connectivity index (χ3n) is 5.10. The van der Waals surface area contributed by atoms with Gasteiger partial charge in [0.15, 0.2) is 5.43 Å². The molecule has 0 bridgehead atoms. The van der Waals surface area contributed by atoms with E-state index in [4.69, 9.17) is 9.47 Å².